The highest BCUT2D eigenvalue weighted by Crippen LogP contribution is 2.26. The molecule has 7 heteroatoms. The Labute approximate surface area is 143 Å². The number of benzene rings is 1. The second kappa shape index (κ2) is 8.99. The molecule has 1 rings (SSSR count). The first kappa shape index (κ1) is 21.2. The third kappa shape index (κ3) is 6.55. The first-order chi connectivity index (χ1) is 11.0. The summed E-state index contributed by atoms with van der Waals surface area (Å²) in [5.74, 6) is -2.75. The van der Waals surface area contributed by atoms with E-state index in [1.165, 1.54) is 0 Å². The summed E-state index contributed by atoms with van der Waals surface area (Å²) in [6.45, 7) is 11.1. The average molecular weight is 364 g/mol. The summed E-state index contributed by atoms with van der Waals surface area (Å²) in [6.07, 6.45) is -0.456. The molecule has 0 spiro atoms. The second-order valence-electron chi connectivity index (χ2n) is 6.53. The van der Waals surface area contributed by atoms with E-state index in [-0.39, 0.29) is 36.3 Å². The predicted molar refractivity (Wildman–Crippen MR) is 89.2 cm³/mol. The Morgan fingerprint density at radius 1 is 0.792 bits per heavy atom. The van der Waals surface area contributed by atoms with Crippen LogP contribution in [0, 0.1) is 17.5 Å². The first-order valence-corrected chi connectivity index (χ1v) is 10.1. The minimum absolute atomic E-state index is 0.0102. The van der Waals surface area contributed by atoms with Crippen LogP contribution in [0.25, 0.3) is 0 Å². The van der Waals surface area contributed by atoms with Crippen molar-refractivity contribution in [1.82, 2.24) is 0 Å². The van der Waals surface area contributed by atoms with Crippen LogP contribution in [0.3, 0.4) is 0 Å². The highest BCUT2D eigenvalue weighted by atomic mass is 28.4. The van der Waals surface area contributed by atoms with Crippen LogP contribution < -0.4 is 0 Å². The molecule has 0 bridgehead atoms. The molecule has 0 heterocycles. The van der Waals surface area contributed by atoms with E-state index in [1.54, 1.807) is 0 Å². The molecular formula is C17H27F3O3Si. The Kier molecular flexibility index (Phi) is 7.92. The van der Waals surface area contributed by atoms with Gasteiger partial charge in [0.25, 0.3) is 0 Å². The lowest BCUT2D eigenvalue weighted by Gasteiger charge is -2.34. The van der Waals surface area contributed by atoms with E-state index in [0.29, 0.717) is 12.1 Å². The number of halogens is 3. The van der Waals surface area contributed by atoms with Crippen LogP contribution in [0.15, 0.2) is 12.1 Å². The van der Waals surface area contributed by atoms with Gasteiger partial charge in [0.2, 0.25) is 0 Å². The number of hydrogen-bond acceptors (Lipinski definition) is 3. The van der Waals surface area contributed by atoms with Crippen molar-refractivity contribution in [2.75, 3.05) is 0 Å². The van der Waals surface area contributed by atoms with Crippen molar-refractivity contribution in [1.29, 1.82) is 0 Å². The molecule has 0 amide bonds. The van der Waals surface area contributed by atoms with Gasteiger partial charge in [0.05, 0.1) is 0 Å². The van der Waals surface area contributed by atoms with Gasteiger partial charge in [-0.05, 0) is 48.0 Å². The quantitative estimate of drug-likeness (QED) is 0.586. The van der Waals surface area contributed by atoms with E-state index >= 15 is 0 Å². The highest BCUT2D eigenvalue weighted by Gasteiger charge is 2.44. The van der Waals surface area contributed by atoms with E-state index in [0.717, 1.165) is 0 Å². The van der Waals surface area contributed by atoms with Gasteiger partial charge in [0, 0.05) is 42.1 Å². The summed E-state index contributed by atoms with van der Waals surface area (Å²) in [6, 6.07) is 1.57. The zero-order valence-electron chi connectivity index (χ0n) is 15.2. The van der Waals surface area contributed by atoms with Crippen molar-refractivity contribution >= 4 is 8.80 Å². The molecule has 0 aliphatic rings. The Balaban J connectivity index is 3.06. The van der Waals surface area contributed by atoms with E-state index < -0.39 is 26.3 Å². The minimum atomic E-state index is -3.15. The topological polar surface area (TPSA) is 27.7 Å². The smallest absolute Gasteiger partial charge is 0.371 e. The molecule has 0 radical (unpaired) electrons. The van der Waals surface area contributed by atoms with Crippen molar-refractivity contribution in [3.05, 3.63) is 35.1 Å². The van der Waals surface area contributed by atoms with E-state index in [9.17, 15) is 13.2 Å². The number of hydrogen-bond donors (Lipinski definition) is 0. The molecular weight excluding hydrogens is 337 g/mol. The van der Waals surface area contributed by atoms with Crippen LogP contribution >= 0.6 is 0 Å². The minimum Gasteiger partial charge on any atom is -0.371 e. The molecule has 138 valence electrons. The maximum atomic E-state index is 13.9. The molecule has 0 fully saturated rings. The lowest BCUT2D eigenvalue weighted by atomic mass is 10.1. The lowest BCUT2D eigenvalue weighted by molar-refractivity contribution is 0.00326. The molecule has 0 atom stereocenters. The molecule has 0 N–H and O–H groups in total. The van der Waals surface area contributed by atoms with E-state index in [1.807, 2.05) is 41.5 Å². The van der Waals surface area contributed by atoms with Gasteiger partial charge in [-0.3, -0.25) is 0 Å². The van der Waals surface area contributed by atoms with Crippen molar-refractivity contribution < 1.29 is 26.4 Å². The maximum absolute atomic E-state index is 13.9. The molecule has 1 aromatic rings. The summed E-state index contributed by atoms with van der Waals surface area (Å²) >= 11 is 0. The maximum Gasteiger partial charge on any atom is 0.501 e. The summed E-state index contributed by atoms with van der Waals surface area (Å²) in [5.41, 5.74) is -0.180. The van der Waals surface area contributed by atoms with Gasteiger partial charge >= 0.3 is 8.80 Å². The Morgan fingerprint density at radius 2 is 1.17 bits per heavy atom. The van der Waals surface area contributed by atoms with Gasteiger partial charge in [-0.2, -0.15) is 0 Å². The molecule has 0 aliphatic heterocycles. The van der Waals surface area contributed by atoms with Gasteiger partial charge < -0.3 is 13.3 Å². The fraction of sp³-hybridized carbons (Fsp3) is 0.647. The van der Waals surface area contributed by atoms with Crippen LogP contribution in [-0.2, 0) is 19.7 Å². The van der Waals surface area contributed by atoms with Crippen molar-refractivity contribution in [2.45, 2.75) is 72.3 Å². The molecule has 0 saturated carbocycles. The molecule has 0 aromatic heterocycles. The number of rotatable bonds is 9. The Morgan fingerprint density at radius 3 is 1.50 bits per heavy atom. The van der Waals surface area contributed by atoms with Crippen molar-refractivity contribution in [3.63, 3.8) is 0 Å². The van der Waals surface area contributed by atoms with Crippen molar-refractivity contribution in [2.24, 2.45) is 0 Å². The van der Waals surface area contributed by atoms with Crippen LogP contribution in [-0.4, -0.2) is 27.1 Å². The highest BCUT2D eigenvalue weighted by molar-refractivity contribution is 6.60. The Hall–Kier alpha value is -0.893. The molecule has 0 aliphatic carbocycles. The van der Waals surface area contributed by atoms with E-state index in [4.69, 9.17) is 13.3 Å². The standard InChI is InChI=1S/C17H27F3O3Si/c1-11(2)21-24(22-12(3)4,23-13(5)6)8-7-15-16(19)9-14(18)10-17(15)20/h9-13H,7-8H2,1-6H3. The summed E-state index contributed by atoms with van der Waals surface area (Å²) < 4.78 is 58.7. The zero-order chi connectivity index (χ0) is 18.5. The average Bonchev–Trinajstić information content (AvgIpc) is 2.34. The fourth-order valence-electron chi connectivity index (χ4n) is 2.43. The summed E-state index contributed by atoms with van der Waals surface area (Å²) in [7, 11) is -3.15. The van der Waals surface area contributed by atoms with Crippen LogP contribution in [0.4, 0.5) is 13.2 Å². The van der Waals surface area contributed by atoms with Gasteiger partial charge in [-0.15, -0.1) is 0 Å². The van der Waals surface area contributed by atoms with Gasteiger partial charge in [-0.1, -0.05) is 0 Å². The third-order valence-electron chi connectivity index (χ3n) is 3.03. The molecule has 0 unspecified atom stereocenters. The normalized spacial score (nSPS) is 12.7. The zero-order valence-corrected chi connectivity index (χ0v) is 16.2. The molecule has 24 heavy (non-hydrogen) atoms. The molecule has 1 aromatic carbocycles. The van der Waals surface area contributed by atoms with Crippen LogP contribution in [0.1, 0.15) is 47.1 Å². The third-order valence-corrected chi connectivity index (χ3v) is 6.39. The SMILES string of the molecule is CC(C)O[Si](CCc1c(F)cc(F)cc1F)(OC(C)C)OC(C)C. The largest absolute Gasteiger partial charge is 0.501 e. The fourth-order valence-corrected chi connectivity index (χ4v) is 5.66. The van der Waals surface area contributed by atoms with Crippen LogP contribution in [0.2, 0.25) is 6.04 Å². The second-order valence-corrected chi connectivity index (χ2v) is 9.10. The van der Waals surface area contributed by atoms with Crippen LogP contribution in [0.5, 0.6) is 0 Å². The molecule has 0 saturated heterocycles. The molecule has 3 nitrogen and oxygen atoms in total. The summed E-state index contributed by atoms with van der Waals surface area (Å²) in [4.78, 5) is 0. The van der Waals surface area contributed by atoms with E-state index in [2.05, 4.69) is 0 Å². The Bertz CT molecular complexity index is 486. The monoisotopic (exact) mass is 364 g/mol. The van der Waals surface area contributed by atoms with Crippen molar-refractivity contribution in [3.8, 4) is 0 Å². The van der Waals surface area contributed by atoms with Gasteiger partial charge in [-0.25, -0.2) is 13.2 Å². The van der Waals surface area contributed by atoms with Gasteiger partial charge in [0.1, 0.15) is 17.5 Å². The first-order valence-electron chi connectivity index (χ1n) is 8.21. The predicted octanol–water partition coefficient (Wildman–Crippen LogP) is 4.86. The summed E-state index contributed by atoms with van der Waals surface area (Å²) in [5, 5.41) is 0. The van der Waals surface area contributed by atoms with Gasteiger partial charge in [0.15, 0.2) is 0 Å². The lowest BCUT2D eigenvalue weighted by Crippen LogP contribution is -2.51.